The zero-order chi connectivity index (χ0) is 10.7. The lowest BCUT2D eigenvalue weighted by atomic mass is 10.2. The van der Waals surface area contributed by atoms with Crippen LogP contribution in [-0.2, 0) is 4.79 Å². The summed E-state index contributed by atoms with van der Waals surface area (Å²) in [5.74, 6) is 0.731. The lowest BCUT2D eigenvalue weighted by Gasteiger charge is -2.08. The molecule has 0 bridgehead atoms. The number of amides is 1. The number of fused-ring (bicyclic) bond motifs is 1. The van der Waals surface area contributed by atoms with Crippen LogP contribution in [0.5, 0.6) is 0 Å². The molecule has 1 aromatic heterocycles. The monoisotopic (exact) mass is 224 g/mol. The Morgan fingerprint density at radius 1 is 1.60 bits per heavy atom. The minimum atomic E-state index is -0.413. The zero-order valence-corrected chi connectivity index (χ0v) is 8.61. The van der Waals surface area contributed by atoms with Gasteiger partial charge in [0.1, 0.15) is 0 Å². The molecule has 0 radical (unpaired) electrons. The van der Waals surface area contributed by atoms with E-state index >= 15 is 0 Å². The average molecular weight is 225 g/mol. The van der Waals surface area contributed by atoms with Gasteiger partial charge in [-0.2, -0.15) is 5.11 Å². The number of azo groups is 1. The lowest BCUT2D eigenvalue weighted by Crippen LogP contribution is -2.26. The molecule has 1 N–H and O–H groups in total. The second-order valence-electron chi connectivity index (χ2n) is 3.04. The quantitative estimate of drug-likeness (QED) is 0.797. The van der Waals surface area contributed by atoms with Gasteiger partial charge in [-0.05, 0) is 12.1 Å². The van der Waals surface area contributed by atoms with Crippen LogP contribution in [0, 0.1) is 0 Å². The van der Waals surface area contributed by atoms with Gasteiger partial charge in [-0.15, -0.1) is 16.7 Å². The first-order valence-corrected chi connectivity index (χ1v) is 5.06. The topological polar surface area (TPSA) is 66.7 Å². The number of halogens is 1. The summed E-state index contributed by atoms with van der Waals surface area (Å²) in [7, 11) is 0. The molecule has 1 aromatic rings. The predicted octanol–water partition coefficient (Wildman–Crippen LogP) is 1.92. The predicted molar refractivity (Wildman–Crippen MR) is 55.0 cm³/mol. The van der Waals surface area contributed by atoms with E-state index in [-0.39, 0.29) is 12.3 Å². The smallest absolute Gasteiger partial charge is 0.223 e. The summed E-state index contributed by atoms with van der Waals surface area (Å²) in [5.41, 5.74) is 0.820. The fourth-order valence-electron chi connectivity index (χ4n) is 1.30. The summed E-state index contributed by atoms with van der Waals surface area (Å²) in [5, 5.41) is 10.5. The largest absolute Gasteiger partial charge is 0.329 e. The Balaban J connectivity index is 2.08. The third-order valence-corrected chi connectivity index (χ3v) is 2.19. The second-order valence-corrected chi connectivity index (χ2v) is 3.42. The van der Waals surface area contributed by atoms with Crippen LogP contribution in [0.4, 0.5) is 5.82 Å². The fraction of sp³-hybridized carbons (Fsp3) is 0.333. The van der Waals surface area contributed by atoms with E-state index in [2.05, 4.69) is 20.5 Å². The molecule has 15 heavy (non-hydrogen) atoms. The molecular formula is C9H9ClN4O. The first kappa shape index (κ1) is 10.0. The van der Waals surface area contributed by atoms with Gasteiger partial charge in [-0.3, -0.25) is 4.79 Å². The van der Waals surface area contributed by atoms with Gasteiger partial charge in [0.15, 0.2) is 12.0 Å². The van der Waals surface area contributed by atoms with E-state index in [1.165, 1.54) is 0 Å². The van der Waals surface area contributed by atoms with Crippen molar-refractivity contribution in [1.29, 1.82) is 0 Å². The molecule has 1 amide bonds. The summed E-state index contributed by atoms with van der Waals surface area (Å²) in [4.78, 5) is 15.3. The fourth-order valence-corrected chi connectivity index (χ4v) is 1.47. The second kappa shape index (κ2) is 4.35. The molecule has 78 valence electrons. The first-order valence-electron chi connectivity index (χ1n) is 4.52. The Morgan fingerprint density at radius 3 is 3.27 bits per heavy atom. The van der Waals surface area contributed by atoms with Crippen LogP contribution >= 0.6 is 11.6 Å². The molecule has 0 spiro atoms. The van der Waals surface area contributed by atoms with Crippen molar-refractivity contribution >= 4 is 23.3 Å². The van der Waals surface area contributed by atoms with Crippen molar-refractivity contribution in [2.24, 2.45) is 10.2 Å². The van der Waals surface area contributed by atoms with Crippen molar-refractivity contribution in [2.75, 3.05) is 5.88 Å². The van der Waals surface area contributed by atoms with E-state index in [1.807, 2.05) is 6.07 Å². The van der Waals surface area contributed by atoms with E-state index in [0.717, 1.165) is 5.56 Å². The maximum absolute atomic E-state index is 11.3. The number of aromatic nitrogens is 1. The van der Waals surface area contributed by atoms with Crippen molar-refractivity contribution in [3.63, 3.8) is 0 Å². The zero-order valence-electron chi connectivity index (χ0n) is 7.85. The Kier molecular flexibility index (Phi) is 2.91. The molecule has 1 aliphatic heterocycles. The molecule has 0 saturated heterocycles. The number of carbonyl (C=O) groups is 1. The Morgan fingerprint density at radius 2 is 2.47 bits per heavy atom. The summed E-state index contributed by atoms with van der Waals surface area (Å²) in [6.07, 6.45) is 1.51. The van der Waals surface area contributed by atoms with Crippen LogP contribution in [0.1, 0.15) is 18.2 Å². The third kappa shape index (κ3) is 2.12. The van der Waals surface area contributed by atoms with E-state index in [0.29, 0.717) is 11.7 Å². The van der Waals surface area contributed by atoms with E-state index in [1.54, 1.807) is 12.3 Å². The molecule has 0 aliphatic carbocycles. The highest BCUT2D eigenvalue weighted by atomic mass is 35.5. The van der Waals surface area contributed by atoms with Gasteiger partial charge < -0.3 is 5.32 Å². The number of pyridine rings is 1. The van der Waals surface area contributed by atoms with Crippen molar-refractivity contribution in [1.82, 2.24) is 10.3 Å². The molecule has 0 aromatic carbocycles. The lowest BCUT2D eigenvalue weighted by molar-refractivity contribution is -0.121. The number of carbonyl (C=O) groups excluding carboxylic acids is 1. The maximum atomic E-state index is 11.3. The first-order chi connectivity index (χ1) is 7.31. The van der Waals surface area contributed by atoms with Gasteiger partial charge in [-0.25, -0.2) is 4.98 Å². The number of alkyl halides is 1. The number of hydrogen-bond acceptors (Lipinski definition) is 4. The minimum absolute atomic E-state index is 0.134. The Bertz CT molecular complexity index is 407. The van der Waals surface area contributed by atoms with Gasteiger partial charge in [-0.1, -0.05) is 0 Å². The highest BCUT2D eigenvalue weighted by molar-refractivity contribution is 6.18. The molecule has 2 heterocycles. The van der Waals surface area contributed by atoms with Crippen molar-refractivity contribution in [3.05, 3.63) is 23.9 Å². The Hall–Kier alpha value is -1.49. The third-order valence-electron chi connectivity index (χ3n) is 2.00. The number of rotatable bonds is 3. The standard InChI is InChI=1S/C9H9ClN4O/c10-4-3-7(15)12-9-6-2-1-5-11-8(6)13-14-9/h1-2,5,9H,3-4H2,(H,12,15)/t9-/m1/s1. The van der Waals surface area contributed by atoms with Crippen molar-refractivity contribution in [2.45, 2.75) is 12.6 Å². The van der Waals surface area contributed by atoms with Crippen LogP contribution in [0.2, 0.25) is 0 Å². The van der Waals surface area contributed by atoms with Crippen LogP contribution in [0.25, 0.3) is 0 Å². The van der Waals surface area contributed by atoms with Gasteiger partial charge >= 0.3 is 0 Å². The van der Waals surface area contributed by atoms with Crippen LogP contribution in [0.15, 0.2) is 28.6 Å². The highest BCUT2D eigenvalue weighted by Crippen LogP contribution is 2.31. The molecule has 0 saturated carbocycles. The SMILES string of the molecule is O=C(CCCl)N[C@@H]1N=Nc2ncccc21. The molecule has 1 aliphatic rings. The molecule has 0 fully saturated rings. The van der Waals surface area contributed by atoms with Crippen LogP contribution in [0.3, 0.4) is 0 Å². The summed E-state index contributed by atoms with van der Waals surface area (Å²) in [6, 6.07) is 3.63. The van der Waals surface area contributed by atoms with E-state index in [9.17, 15) is 4.79 Å². The van der Waals surface area contributed by atoms with Crippen molar-refractivity contribution < 1.29 is 4.79 Å². The van der Waals surface area contributed by atoms with Gasteiger partial charge in [0.25, 0.3) is 0 Å². The molecule has 0 unspecified atom stereocenters. The number of nitrogens with zero attached hydrogens (tertiary/aromatic N) is 3. The van der Waals surface area contributed by atoms with Crippen LogP contribution in [-0.4, -0.2) is 16.8 Å². The van der Waals surface area contributed by atoms with Gasteiger partial charge in [0.05, 0.1) is 0 Å². The van der Waals surface area contributed by atoms with Gasteiger partial charge in [0.2, 0.25) is 5.91 Å². The molecule has 2 rings (SSSR count). The highest BCUT2D eigenvalue weighted by Gasteiger charge is 2.22. The van der Waals surface area contributed by atoms with E-state index in [4.69, 9.17) is 11.6 Å². The molecule has 5 nitrogen and oxygen atoms in total. The Labute approximate surface area is 91.6 Å². The molecule has 6 heteroatoms. The summed E-state index contributed by atoms with van der Waals surface area (Å²) >= 11 is 5.45. The normalized spacial score (nSPS) is 17.5. The minimum Gasteiger partial charge on any atom is -0.329 e. The summed E-state index contributed by atoms with van der Waals surface area (Å²) in [6.45, 7) is 0. The summed E-state index contributed by atoms with van der Waals surface area (Å²) < 4.78 is 0. The number of hydrogen-bond donors (Lipinski definition) is 1. The van der Waals surface area contributed by atoms with Crippen LogP contribution < -0.4 is 5.32 Å². The molecular weight excluding hydrogens is 216 g/mol. The van der Waals surface area contributed by atoms with Crippen molar-refractivity contribution in [3.8, 4) is 0 Å². The van der Waals surface area contributed by atoms with Gasteiger partial charge in [0, 0.05) is 24.1 Å². The maximum Gasteiger partial charge on any atom is 0.223 e. The average Bonchev–Trinajstić information content (AvgIpc) is 2.62. The van der Waals surface area contributed by atoms with E-state index < -0.39 is 6.17 Å². The number of nitrogens with one attached hydrogen (secondary N) is 1. The molecule has 1 atom stereocenters.